The number of nitrogens with zero attached hydrogens (tertiary/aromatic N) is 1. The molecule has 5 heteroatoms. The van der Waals surface area contributed by atoms with Crippen molar-refractivity contribution in [2.24, 2.45) is 5.92 Å². The van der Waals surface area contributed by atoms with Crippen LogP contribution in [0.25, 0.3) is 0 Å². The molecule has 0 saturated heterocycles. The number of aromatic nitrogens is 1. The molecule has 2 rings (SSSR count). The molecule has 1 saturated carbocycles. The van der Waals surface area contributed by atoms with Crippen LogP contribution in [0.5, 0.6) is 0 Å². The van der Waals surface area contributed by atoms with Crippen LogP contribution in [0.15, 0.2) is 0 Å². The van der Waals surface area contributed by atoms with Crippen LogP contribution in [0.3, 0.4) is 0 Å². The zero-order valence-corrected chi connectivity index (χ0v) is 9.43. The first-order chi connectivity index (χ1) is 7.18. The summed E-state index contributed by atoms with van der Waals surface area (Å²) in [6.45, 7) is 2.61. The Bertz CT molecular complexity index is 371. The van der Waals surface area contributed by atoms with Crippen molar-refractivity contribution in [1.82, 2.24) is 4.37 Å². The smallest absolute Gasteiger partial charge is 0.340 e. The van der Waals surface area contributed by atoms with Crippen molar-refractivity contribution in [2.75, 3.05) is 11.9 Å². The molecule has 0 aromatic carbocycles. The molecule has 0 spiro atoms. The Kier molecular flexibility index (Phi) is 2.90. The van der Waals surface area contributed by atoms with Gasteiger partial charge in [-0.15, -0.1) is 0 Å². The number of hydrogen-bond acceptors (Lipinski definition) is 4. The maximum Gasteiger partial charge on any atom is 0.340 e. The van der Waals surface area contributed by atoms with Crippen LogP contribution >= 0.6 is 11.5 Å². The Balaban J connectivity index is 2.03. The molecule has 1 aliphatic rings. The van der Waals surface area contributed by atoms with Gasteiger partial charge in [0.15, 0.2) is 0 Å². The average Bonchev–Trinajstić information content (AvgIpc) is 2.44. The van der Waals surface area contributed by atoms with Crippen molar-refractivity contribution in [2.45, 2.75) is 26.2 Å². The molecule has 1 aromatic heterocycles. The molecule has 0 unspecified atom stereocenters. The molecule has 0 bridgehead atoms. The van der Waals surface area contributed by atoms with Crippen molar-refractivity contribution >= 4 is 22.5 Å². The maximum absolute atomic E-state index is 11.0. The Morgan fingerprint density at radius 2 is 2.40 bits per heavy atom. The molecule has 0 atom stereocenters. The monoisotopic (exact) mass is 226 g/mol. The number of carbonyl (C=O) groups is 1. The van der Waals surface area contributed by atoms with Gasteiger partial charge in [-0.3, -0.25) is 0 Å². The van der Waals surface area contributed by atoms with Crippen LogP contribution in [-0.2, 0) is 0 Å². The third-order valence-electron chi connectivity index (χ3n) is 2.85. The largest absolute Gasteiger partial charge is 0.478 e. The van der Waals surface area contributed by atoms with E-state index in [9.17, 15) is 4.79 Å². The lowest BCUT2D eigenvalue weighted by atomic mass is 9.85. The van der Waals surface area contributed by atoms with Gasteiger partial charge in [-0.2, -0.15) is 4.37 Å². The molecular formula is C10H14N2O2S. The van der Waals surface area contributed by atoms with E-state index in [4.69, 9.17) is 5.11 Å². The van der Waals surface area contributed by atoms with Crippen molar-refractivity contribution in [3.63, 3.8) is 0 Å². The van der Waals surface area contributed by atoms with Gasteiger partial charge in [-0.1, -0.05) is 6.42 Å². The first kappa shape index (κ1) is 10.4. The van der Waals surface area contributed by atoms with Gasteiger partial charge in [0, 0.05) is 6.54 Å². The second kappa shape index (κ2) is 4.18. The molecule has 4 nitrogen and oxygen atoms in total. The first-order valence-electron chi connectivity index (χ1n) is 5.12. The number of aromatic carboxylic acids is 1. The van der Waals surface area contributed by atoms with E-state index in [-0.39, 0.29) is 0 Å². The predicted octanol–water partition coefficient (Wildman–Crippen LogP) is 2.36. The number of aryl methyl sites for hydroxylation is 1. The summed E-state index contributed by atoms with van der Waals surface area (Å²) in [7, 11) is 0. The summed E-state index contributed by atoms with van der Waals surface area (Å²) in [5.74, 6) is -0.175. The highest BCUT2D eigenvalue weighted by Gasteiger charge is 2.20. The van der Waals surface area contributed by atoms with E-state index in [1.165, 1.54) is 30.8 Å². The zero-order chi connectivity index (χ0) is 10.8. The lowest BCUT2D eigenvalue weighted by Crippen LogP contribution is -2.21. The predicted molar refractivity (Wildman–Crippen MR) is 59.6 cm³/mol. The Hall–Kier alpha value is -1.10. The molecule has 15 heavy (non-hydrogen) atoms. The van der Waals surface area contributed by atoms with Gasteiger partial charge in [0.2, 0.25) is 0 Å². The minimum atomic E-state index is -0.891. The topological polar surface area (TPSA) is 62.2 Å². The van der Waals surface area contributed by atoms with Gasteiger partial charge < -0.3 is 10.4 Å². The summed E-state index contributed by atoms with van der Waals surface area (Å²) in [6.07, 6.45) is 3.82. The van der Waals surface area contributed by atoms with Crippen LogP contribution in [0.4, 0.5) is 5.00 Å². The third-order valence-corrected chi connectivity index (χ3v) is 3.75. The number of carboxylic acids is 1. The standard InChI is InChI=1S/C10H14N2O2S/c1-6-8(10(13)14)9(15-12-6)11-5-7-3-2-4-7/h7,11H,2-5H2,1H3,(H,13,14). The Morgan fingerprint density at radius 3 is 2.93 bits per heavy atom. The lowest BCUT2D eigenvalue weighted by Gasteiger charge is -2.25. The third kappa shape index (κ3) is 2.12. The Morgan fingerprint density at radius 1 is 1.67 bits per heavy atom. The molecule has 1 fully saturated rings. The van der Waals surface area contributed by atoms with E-state index in [0.717, 1.165) is 6.54 Å². The highest BCUT2D eigenvalue weighted by Crippen LogP contribution is 2.29. The van der Waals surface area contributed by atoms with Crippen molar-refractivity contribution in [3.8, 4) is 0 Å². The summed E-state index contributed by atoms with van der Waals surface area (Å²) < 4.78 is 4.06. The molecule has 0 aliphatic heterocycles. The van der Waals surface area contributed by atoms with E-state index in [0.29, 0.717) is 22.2 Å². The van der Waals surface area contributed by atoms with Crippen molar-refractivity contribution < 1.29 is 9.90 Å². The summed E-state index contributed by atoms with van der Waals surface area (Å²) in [5, 5.41) is 12.9. The number of hydrogen-bond donors (Lipinski definition) is 2. The summed E-state index contributed by atoms with van der Waals surface area (Å²) in [5.41, 5.74) is 0.933. The SMILES string of the molecule is Cc1nsc(NCC2CCC2)c1C(=O)O. The van der Waals surface area contributed by atoms with E-state index < -0.39 is 5.97 Å². The molecule has 1 aromatic rings. The molecule has 2 N–H and O–H groups in total. The fourth-order valence-electron chi connectivity index (χ4n) is 1.68. The highest BCUT2D eigenvalue weighted by atomic mass is 32.1. The molecule has 82 valence electrons. The zero-order valence-electron chi connectivity index (χ0n) is 8.62. The first-order valence-corrected chi connectivity index (χ1v) is 5.89. The van der Waals surface area contributed by atoms with Gasteiger partial charge in [0.05, 0.1) is 5.69 Å². The second-order valence-electron chi connectivity index (χ2n) is 3.96. The lowest BCUT2D eigenvalue weighted by molar-refractivity contribution is 0.0697. The normalized spacial score (nSPS) is 16.1. The van der Waals surface area contributed by atoms with Gasteiger partial charge in [0.25, 0.3) is 0 Å². The summed E-state index contributed by atoms with van der Waals surface area (Å²) in [6, 6.07) is 0. The molecule has 1 heterocycles. The molecule has 0 amide bonds. The summed E-state index contributed by atoms with van der Waals surface area (Å²) >= 11 is 1.24. The average molecular weight is 226 g/mol. The fraction of sp³-hybridized carbons (Fsp3) is 0.600. The number of carboxylic acid groups (broad SMARTS) is 1. The van der Waals surface area contributed by atoms with Crippen LogP contribution in [0.1, 0.15) is 35.3 Å². The maximum atomic E-state index is 11.0. The highest BCUT2D eigenvalue weighted by molar-refractivity contribution is 7.10. The minimum Gasteiger partial charge on any atom is -0.478 e. The van der Waals surface area contributed by atoms with Gasteiger partial charge in [-0.05, 0) is 37.2 Å². The number of anilines is 1. The van der Waals surface area contributed by atoms with E-state index in [1.807, 2.05) is 0 Å². The molecular weight excluding hydrogens is 212 g/mol. The van der Waals surface area contributed by atoms with Crippen LogP contribution < -0.4 is 5.32 Å². The van der Waals surface area contributed by atoms with E-state index in [1.54, 1.807) is 6.92 Å². The van der Waals surface area contributed by atoms with Crippen molar-refractivity contribution in [3.05, 3.63) is 11.3 Å². The number of rotatable bonds is 4. The summed E-state index contributed by atoms with van der Waals surface area (Å²) in [4.78, 5) is 11.0. The molecule has 1 aliphatic carbocycles. The van der Waals surface area contributed by atoms with Gasteiger partial charge in [0.1, 0.15) is 10.6 Å². The Labute approximate surface area is 92.5 Å². The van der Waals surface area contributed by atoms with Crippen molar-refractivity contribution in [1.29, 1.82) is 0 Å². The van der Waals surface area contributed by atoms with Gasteiger partial charge >= 0.3 is 5.97 Å². The van der Waals surface area contributed by atoms with Crippen LogP contribution in [0, 0.1) is 12.8 Å². The molecule has 0 radical (unpaired) electrons. The van der Waals surface area contributed by atoms with E-state index in [2.05, 4.69) is 9.69 Å². The minimum absolute atomic E-state index is 0.333. The second-order valence-corrected chi connectivity index (χ2v) is 4.73. The van der Waals surface area contributed by atoms with E-state index >= 15 is 0 Å². The van der Waals surface area contributed by atoms with Crippen LogP contribution in [0.2, 0.25) is 0 Å². The quantitative estimate of drug-likeness (QED) is 0.827. The van der Waals surface area contributed by atoms with Crippen LogP contribution in [-0.4, -0.2) is 22.0 Å². The fourth-order valence-corrected chi connectivity index (χ4v) is 2.47. The number of nitrogens with one attached hydrogen (secondary N) is 1. The van der Waals surface area contributed by atoms with Gasteiger partial charge in [-0.25, -0.2) is 4.79 Å².